The van der Waals surface area contributed by atoms with Crippen molar-refractivity contribution >= 4 is 21.5 Å². The summed E-state index contributed by atoms with van der Waals surface area (Å²) >= 11 is 0. The maximum Gasteiger partial charge on any atom is 0.442 e. The quantitative estimate of drug-likeness (QED) is 0.432. The van der Waals surface area contributed by atoms with Crippen molar-refractivity contribution in [1.82, 2.24) is 0 Å². The molecule has 0 heterocycles. The first-order valence-corrected chi connectivity index (χ1v) is 9.96. The summed E-state index contributed by atoms with van der Waals surface area (Å²) < 4.78 is 26.6. The van der Waals surface area contributed by atoms with Crippen LogP contribution in [0.3, 0.4) is 0 Å². The lowest BCUT2D eigenvalue weighted by Gasteiger charge is -2.17. The predicted octanol–water partition coefficient (Wildman–Crippen LogP) is 2.89. The minimum Gasteiger partial charge on any atom is -0.493 e. The average Bonchev–Trinajstić information content (AvgIpc) is 2.43. The van der Waals surface area contributed by atoms with Crippen LogP contribution in [-0.2, 0) is 20.2 Å². The van der Waals surface area contributed by atoms with Gasteiger partial charge in [-0.1, -0.05) is 0 Å². The Morgan fingerprint density at radius 2 is 2.00 bits per heavy atom. The summed E-state index contributed by atoms with van der Waals surface area (Å²) in [6.07, 6.45) is 0.702. The standard InChI is InChI=1S/C16H24N2O7S/c1-16(2,3)25-15(20)17-26(4,23)11-12-8-13(18(21)22)10-14(9-12)24-7-5-6-19/h8-10,19H,5-7,11H2,1-4H3. The summed E-state index contributed by atoms with van der Waals surface area (Å²) in [5.74, 6) is 0.0414. The van der Waals surface area contributed by atoms with E-state index in [1.54, 1.807) is 20.8 Å². The van der Waals surface area contributed by atoms with Crippen LogP contribution in [-0.4, -0.2) is 45.4 Å². The largest absolute Gasteiger partial charge is 0.493 e. The third kappa shape index (κ3) is 8.26. The molecule has 26 heavy (non-hydrogen) atoms. The number of hydrogen-bond acceptors (Lipinski definition) is 7. The first kappa shape index (κ1) is 21.8. The van der Waals surface area contributed by atoms with Crippen LogP contribution in [0, 0.1) is 10.1 Å². The van der Waals surface area contributed by atoms with Crippen LogP contribution in [0.25, 0.3) is 0 Å². The molecule has 0 aliphatic rings. The van der Waals surface area contributed by atoms with E-state index in [0.29, 0.717) is 12.0 Å². The fourth-order valence-electron chi connectivity index (χ4n) is 1.95. The van der Waals surface area contributed by atoms with E-state index in [2.05, 4.69) is 4.36 Å². The van der Waals surface area contributed by atoms with Gasteiger partial charge in [0.1, 0.15) is 11.4 Å². The monoisotopic (exact) mass is 388 g/mol. The number of aliphatic hydroxyl groups excluding tert-OH is 1. The molecule has 0 fully saturated rings. The highest BCUT2D eigenvalue weighted by molar-refractivity contribution is 7.92. The molecule has 1 amide bonds. The van der Waals surface area contributed by atoms with E-state index in [0.717, 1.165) is 0 Å². The molecule has 146 valence electrons. The van der Waals surface area contributed by atoms with E-state index >= 15 is 0 Å². The second-order valence-electron chi connectivity index (χ2n) is 6.69. The molecule has 10 heteroatoms. The number of carbonyl (C=O) groups excluding carboxylic acids is 1. The first-order valence-electron chi connectivity index (χ1n) is 7.87. The van der Waals surface area contributed by atoms with Gasteiger partial charge in [-0.25, -0.2) is 9.00 Å². The van der Waals surface area contributed by atoms with Crippen molar-refractivity contribution in [2.75, 3.05) is 19.5 Å². The van der Waals surface area contributed by atoms with Crippen molar-refractivity contribution in [1.29, 1.82) is 0 Å². The number of non-ortho nitro benzene ring substituents is 1. The van der Waals surface area contributed by atoms with E-state index in [4.69, 9.17) is 14.6 Å². The zero-order valence-corrected chi connectivity index (χ0v) is 16.1. The van der Waals surface area contributed by atoms with Crippen molar-refractivity contribution < 1.29 is 28.5 Å². The van der Waals surface area contributed by atoms with E-state index in [1.165, 1.54) is 24.5 Å². The molecule has 1 aromatic carbocycles. The van der Waals surface area contributed by atoms with Crippen molar-refractivity contribution in [2.24, 2.45) is 4.36 Å². The SMILES string of the molecule is CC(C)(C)OC(=O)N=S(C)(=O)Cc1cc(OCCCO)cc([N+](=O)[O-])c1. The molecule has 1 atom stereocenters. The molecule has 0 saturated carbocycles. The lowest BCUT2D eigenvalue weighted by atomic mass is 10.2. The van der Waals surface area contributed by atoms with Gasteiger partial charge in [0, 0.05) is 25.3 Å². The zero-order chi connectivity index (χ0) is 20.0. The van der Waals surface area contributed by atoms with E-state index in [-0.39, 0.29) is 30.4 Å². The zero-order valence-electron chi connectivity index (χ0n) is 15.3. The normalized spacial score (nSPS) is 13.6. The summed E-state index contributed by atoms with van der Waals surface area (Å²) in [4.78, 5) is 22.2. The Bertz CT molecular complexity index is 777. The second-order valence-corrected chi connectivity index (χ2v) is 9.08. The van der Waals surface area contributed by atoms with Crippen LogP contribution in [0.5, 0.6) is 5.75 Å². The minimum atomic E-state index is -3.01. The van der Waals surface area contributed by atoms with Crippen molar-refractivity contribution in [3.05, 3.63) is 33.9 Å². The van der Waals surface area contributed by atoms with Crippen LogP contribution in [0.2, 0.25) is 0 Å². The third-order valence-electron chi connectivity index (χ3n) is 2.83. The van der Waals surface area contributed by atoms with E-state index in [9.17, 15) is 19.1 Å². The fourth-order valence-corrected chi connectivity index (χ4v) is 3.15. The molecule has 1 rings (SSSR count). The average molecular weight is 388 g/mol. The molecule has 9 nitrogen and oxygen atoms in total. The number of nitro benzene ring substituents is 1. The lowest BCUT2D eigenvalue weighted by Crippen LogP contribution is -2.22. The molecule has 1 unspecified atom stereocenters. The van der Waals surface area contributed by atoms with Gasteiger partial charge < -0.3 is 14.6 Å². The summed E-state index contributed by atoms with van der Waals surface area (Å²) in [5.41, 5.74) is -0.651. The highest BCUT2D eigenvalue weighted by Gasteiger charge is 2.18. The number of nitrogens with zero attached hydrogens (tertiary/aromatic N) is 2. The molecule has 0 saturated heterocycles. The van der Waals surface area contributed by atoms with Gasteiger partial charge >= 0.3 is 6.09 Å². The van der Waals surface area contributed by atoms with Crippen LogP contribution >= 0.6 is 0 Å². The fraction of sp³-hybridized carbons (Fsp3) is 0.562. The van der Waals surface area contributed by atoms with Gasteiger partial charge in [-0.2, -0.15) is 0 Å². The number of rotatable bonds is 7. The minimum absolute atomic E-state index is 0.0701. The highest BCUT2D eigenvalue weighted by Crippen LogP contribution is 2.24. The van der Waals surface area contributed by atoms with Crippen LogP contribution in [0.1, 0.15) is 32.8 Å². The molecule has 0 aliphatic carbocycles. The maximum absolute atomic E-state index is 12.6. The molecular formula is C16H24N2O7S. The Kier molecular flexibility index (Phi) is 7.52. The number of aliphatic hydroxyl groups is 1. The molecule has 1 N–H and O–H groups in total. The van der Waals surface area contributed by atoms with Gasteiger partial charge in [-0.3, -0.25) is 10.1 Å². The van der Waals surface area contributed by atoms with Gasteiger partial charge in [0.15, 0.2) is 0 Å². The summed E-state index contributed by atoms with van der Waals surface area (Å²) in [7, 11) is -3.01. The molecule has 0 bridgehead atoms. The van der Waals surface area contributed by atoms with Gasteiger partial charge in [-0.05, 0) is 32.4 Å². The molecule has 0 aromatic heterocycles. The van der Waals surface area contributed by atoms with Gasteiger partial charge in [0.2, 0.25) is 0 Å². The topological polar surface area (TPSA) is 128 Å². The molecule has 0 spiro atoms. The molecule has 0 aliphatic heterocycles. The Labute approximate surface area is 152 Å². The van der Waals surface area contributed by atoms with Crippen LogP contribution < -0.4 is 4.74 Å². The van der Waals surface area contributed by atoms with Gasteiger partial charge in [0.25, 0.3) is 5.69 Å². The Balaban J connectivity index is 3.07. The second kappa shape index (κ2) is 8.95. The van der Waals surface area contributed by atoms with Crippen LogP contribution in [0.15, 0.2) is 22.6 Å². The third-order valence-corrected chi connectivity index (χ3v) is 4.23. The van der Waals surface area contributed by atoms with Gasteiger partial charge in [0.05, 0.1) is 33.1 Å². The summed E-state index contributed by atoms with van der Waals surface area (Å²) in [6, 6.07) is 3.99. The number of hydrogen-bond donors (Lipinski definition) is 1. The number of ether oxygens (including phenoxy) is 2. The summed E-state index contributed by atoms with van der Waals surface area (Å²) in [5, 5.41) is 19.9. The maximum atomic E-state index is 12.6. The molecule has 0 radical (unpaired) electrons. The number of nitro groups is 1. The van der Waals surface area contributed by atoms with Crippen molar-refractivity contribution in [3.63, 3.8) is 0 Å². The molecule has 1 aromatic rings. The summed E-state index contributed by atoms with van der Waals surface area (Å²) in [6.45, 7) is 5.09. The highest BCUT2D eigenvalue weighted by atomic mass is 32.2. The number of amides is 1. The van der Waals surface area contributed by atoms with E-state index < -0.39 is 26.3 Å². The van der Waals surface area contributed by atoms with Crippen molar-refractivity contribution in [3.8, 4) is 5.75 Å². The Hall–Kier alpha value is -2.20. The Morgan fingerprint density at radius 3 is 2.54 bits per heavy atom. The Morgan fingerprint density at radius 1 is 1.35 bits per heavy atom. The van der Waals surface area contributed by atoms with Crippen molar-refractivity contribution in [2.45, 2.75) is 38.5 Å². The van der Waals surface area contributed by atoms with Crippen LogP contribution in [0.4, 0.5) is 10.5 Å². The first-order chi connectivity index (χ1) is 11.9. The lowest BCUT2D eigenvalue weighted by molar-refractivity contribution is -0.385. The number of carbonyl (C=O) groups is 1. The van der Waals surface area contributed by atoms with E-state index in [1.807, 2.05) is 0 Å². The molecular weight excluding hydrogens is 364 g/mol. The van der Waals surface area contributed by atoms with Gasteiger partial charge in [-0.15, -0.1) is 4.36 Å². The predicted molar refractivity (Wildman–Crippen MR) is 96.7 cm³/mol. The number of benzene rings is 1. The smallest absolute Gasteiger partial charge is 0.442 e.